The Morgan fingerprint density at radius 1 is 1.10 bits per heavy atom. The van der Waals surface area contributed by atoms with Crippen LogP contribution < -0.4 is 10.9 Å². The summed E-state index contributed by atoms with van der Waals surface area (Å²) < 4.78 is 33.0. The van der Waals surface area contributed by atoms with E-state index in [1.807, 2.05) is 26.0 Å². The van der Waals surface area contributed by atoms with Crippen LogP contribution in [0.5, 0.6) is 0 Å². The van der Waals surface area contributed by atoms with Gasteiger partial charge in [-0.25, -0.2) is 13.4 Å². The summed E-state index contributed by atoms with van der Waals surface area (Å²) in [6.45, 7) is 5.48. The Morgan fingerprint density at radius 3 is 2.50 bits per heavy atom. The normalized spacial score (nSPS) is 15.3. The zero-order valence-corrected chi connectivity index (χ0v) is 18.3. The van der Waals surface area contributed by atoms with Crippen molar-refractivity contribution in [2.24, 2.45) is 0 Å². The summed E-state index contributed by atoms with van der Waals surface area (Å²) in [5.74, 6) is -0.377. The lowest BCUT2D eigenvalue weighted by Crippen LogP contribution is -2.40. The van der Waals surface area contributed by atoms with Crippen molar-refractivity contribution in [3.05, 3.63) is 53.1 Å². The minimum atomic E-state index is -3.58. The maximum absolute atomic E-state index is 12.7. The Bertz CT molecular complexity index is 1180. The lowest BCUT2D eigenvalue weighted by Gasteiger charge is -2.26. The highest BCUT2D eigenvalue weighted by Crippen LogP contribution is 2.29. The van der Waals surface area contributed by atoms with E-state index in [0.29, 0.717) is 37.0 Å². The second-order valence-electron chi connectivity index (χ2n) is 6.99. The predicted octanol–water partition coefficient (Wildman–Crippen LogP) is 2.69. The molecule has 0 saturated carbocycles. The van der Waals surface area contributed by atoms with Gasteiger partial charge in [-0.3, -0.25) is 15.6 Å². The minimum absolute atomic E-state index is 0.158. The fraction of sp³-hybridized carbons (Fsp3) is 0.300. The molecule has 2 heterocycles. The summed E-state index contributed by atoms with van der Waals surface area (Å²) in [6.07, 6.45) is 0. The highest BCUT2D eigenvalue weighted by atomic mass is 32.2. The Kier molecular flexibility index (Phi) is 5.74. The molecule has 8 nitrogen and oxygen atoms in total. The molecule has 30 heavy (non-hydrogen) atoms. The van der Waals surface area contributed by atoms with E-state index in [1.165, 1.54) is 39.9 Å². The number of aryl methyl sites for hydroxylation is 2. The quantitative estimate of drug-likeness (QED) is 0.585. The third-order valence-electron chi connectivity index (χ3n) is 5.09. The van der Waals surface area contributed by atoms with E-state index in [1.54, 1.807) is 0 Å². The SMILES string of the molecule is Cc1ccc2sc(NNC(=O)c3ccc(S(=O)(=O)N4CCOCC4)cc3)nc2c1C. The molecule has 10 heteroatoms. The monoisotopic (exact) mass is 446 g/mol. The van der Waals surface area contributed by atoms with E-state index in [-0.39, 0.29) is 10.8 Å². The lowest BCUT2D eigenvalue weighted by atomic mass is 10.1. The molecule has 4 rings (SSSR count). The second-order valence-corrected chi connectivity index (χ2v) is 9.96. The molecule has 1 aromatic heterocycles. The zero-order chi connectivity index (χ0) is 21.3. The van der Waals surface area contributed by atoms with Crippen LogP contribution in [0.1, 0.15) is 21.5 Å². The van der Waals surface area contributed by atoms with Gasteiger partial charge in [0.1, 0.15) is 0 Å². The van der Waals surface area contributed by atoms with Crippen LogP contribution in [0.3, 0.4) is 0 Å². The van der Waals surface area contributed by atoms with Crippen molar-refractivity contribution in [1.82, 2.24) is 14.7 Å². The first-order valence-corrected chi connectivity index (χ1v) is 11.7. The third-order valence-corrected chi connectivity index (χ3v) is 7.94. The van der Waals surface area contributed by atoms with Gasteiger partial charge in [-0.05, 0) is 55.3 Å². The number of anilines is 1. The fourth-order valence-electron chi connectivity index (χ4n) is 3.18. The minimum Gasteiger partial charge on any atom is -0.379 e. The van der Waals surface area contributed by atoms with Crippen molar-refractivity contribution in [1.29, 1.82) is 0 Å². The lowest BCUT2D eigenvalue weighted by molar-refractivity contribution is 0.0730. The van der Waals surface area contributed by atoms with Crippen LogP contribution in [0.25, 0.3) is 10.2 Å². The number of nitrogens with zero attached hydrogens (tertiary/aromatic N) is 2. The van der Waals surface area contributed by atoms with E-state index in [4.69, 9.17) is 4.74 Å². The standard InChI is InChI=1S/C20H22N4O4S2/c1-13-3-8-17-18(14(13)2)21-20(29-17)23-22-19(25)15-4-6-16(7-5-15)30(26,27)24-9-11-28-12-10-24/h3-8H,9-12H2,1-2H3,(H,21,23)(H,22,25). The number of nitrogens with one attached hydrogen (secondary N) is 2. The van der Waals surface area contributed by atoms with Crippen molar-refractivity contribution in [2.75, 3.05) is 31.7 Å². The van der Waals surface area contributed by atoms with Crippen LogP contribution in [-0.2, 0) is 14.8 Å². The molecule has 0 bridgehead atoms. The zero-order valence-electron chi connectivity index (χ0n) is 16.6. The van der Waals surface area contributed by atoms with Crippen molar-refractivity contribution in [3.8, 4) is 0 Å². The van der Waals surface area contributed by atoms with Gasteiger partial charge in [0.25, 0.3) is 5.91 Å². The number of hydrogen-bond acceptors (Lipinski definition) is 7. The largest absolute Gasteiger partial charge is 0.379 e. The van der Waals surface area contributed by atoms with E-state index in [2.05, 4.69) is 15.8 Å². The van der Waals surface area contributed by atoms with Crippen LogP contribution in [-0.4, -0.2) is 49.9 Å². The molecule has 0 aliphatic carbocycles. The topological polar surface area (TPSA) is 101 Å². The van der Waals surface area contributed by atoms with E-state index in [0.717, 1.165) is 21.3 Å². The molecule has 1 aliphatic heterocycles. The molecule has 0 unspecified atom stereocenters. The van der Waals surface area contributed by atoms with Gasteiger partial charge >= 0.3 is 0 Å². The number of sulfonamides is 1. The Balaban J connectivity index is 1.43. The first kappa shape index (κ1) is 20.7. The van der Waals surface area contributed by atoms with E-state index in [9.17, 15) is 13.2 Å². The summed E-state index contributed by atoms with van der Waals surface area (Å²) in [6, 6.07) is 9.94. The van der Waals surface area contributed by atoms with Crippen molar-refractivity contribution in [3.63, 3.8) is 0 Å². The van der Waals surface area contributed by atoms with Crippen LogP contribution in [0.2, 0.25) is 0 Å². The van der Waals surface area contributed by atoms with E-state index >= 15 is 0 Å². The Morgan fingerprint density at radius 2 is 1.80 bits per heavy atom. The predicted molar refractivity (Wildman–Crippen MR) is 116 cm³/mol. The summed E-state index contributed by atoms with van der Waals surface area (Å²) >= 11 is 1.45. The summed E-state index contributed by atoms with van der Waals surface area (Å²) in [4.78, 5) is 17.1. The van der Waals surface area contributed by atoms with Crippen molar-refractivity contribution >= 4 is 42.6 Å². The van der Waals surface area contributed by atoms with Gasteiger partial charge in [0.15, 0.2) is 0 Å². The van der Waals surface area contributed by atoms with E-state index < -0.39 is 10.0 Å². The summed E-state index contributed by atoms with van der Waals surface area (Å²) in [5, 5.41) is 0.582. The van der Waals surface area contributed by atoms with Gasteiger partial charge in [-0.2, -0.15) is 4.31 Å². The number of thiazole rings is 1. The molecule has 0 radical (unpaired) electrons. The molecule has 0 spiro atoms. The van der Waals surface area contributed by atoms with Gasteiger partial charge in [0.2, 0.25) is 15.2 Å². The number of benzene rings is 2. The van der Waals surface area contributed by atoms with Crippen LogP contribution >= 0.6 is 11.3 Å². The number of morpholine rings is 1. The molecular formula is C20H22N4O4S2. The van der Waals surface area contributed by atoms with Crippen molar-refractivity contribution < 1.29 is 17.9 Å². The molecule has 1 fully saturated rings. The number of rotatable bonds is 5. The summed E-state index contributed by atoms with van der Waals surface area (Å²) in [7, 11) is -3.58. The first-order valence-electron chi connectivity index (χ1n) is 9.47. The highest BCUT2D eigenvalue weighted by molar-refractivity contribution is 7.89. The third kappa shape index (κ3) is 4.04. The fourth-order valence-corrected chi connectivity index (χ4v) is 5.46. The van der Waals surface area contributed by atoms with Gasteiger partial charge in [-0.15, -0.1) is 0 Å². The van der Waals surface area contributed by atoms with Crippen molar-refractivity contribution in [2.45, 2.75) is 18.7 Å². The number of carbonyl (C=O) groups excluding carboxylic acids is 1. The van der Waals surface area contributed by atoms with Crippen LogP contribution in [0.4, 0.5) is 5.13 Å². The smallest absolute Gasteiger partial charge is 0.269 e. The molecule has 1 aliphatic rings. The summed E-state index contributed by atoms with van der Waals surface area (Å²) in [5.41, 5.74) is 8.99. The highest BCUT2D eigenvalue weighted by Gasteiger charge is 2.26. The molecule has 2 N–H and O–H groups in total. The van der Waals surface area contributed by atoms with Gasteiger partial charge in [0.05, 0.1) is 28.3 Å². The molecule has 3 aromatic rings. The van der Waals surface area contributed by atoms with Gasteiger partial charge in [0, 0.05) is 18.7 Å². The molecule has 1 saturated heterocycles. The number of carbonyl (C=O) groups is 1. The first-order chi connectivity index (χ1) is 14.4. The number of amides is 1. The van der Waals surface area contributed by atoms with Gasteiger partial charge in [-0.1, -0.05) is 17.4 Å². The number of hydrazine groups is 1. The molecular weight excluding hydrogens is 424 g/mol. The molecule has 2 aromatic carbocycles. The molecule has 0 atom stereocenters. The van der Waals surface area contributed by atoms with Crippen LogP contribution in [0.15, 0.2) is 41.3 Å². The second kappa shape index (κ2) is 8.31. The maximum Gasteiger partial charge on any atom is 0.269 e. The Hall–Kier alpha value is -2.53. The molecule has 1 amide bonds. The number of hydrogen-bond donors (Lipinski definition) is 2. The molecule has 158 valence electrons. The number of ether oxygens (including phenoxy) is 1. The average Bonchev–Trinajstić information content (AvgIpc) is 3.19. The average molecular weight is 447 g/mol. The van der Waals surface area contributed by atoms with Gasteiger partial charge < -0.3 is 4.74 Å². The maximum atomic E-state index is 12.7. The number of aromatic nitrogens is 1. The van der Waals surface area contributed by atoms with Crippen LogP contribution in [0, 0.1) is 13.8 Å². The number of fused-ring (bicyclic) bond motifs is 1. The Labute approximate surface area is 178 Å².